The van der Waals surface area contributed by atoms with Gasteiger partial charge in [0.2, 0.25) is 0 Å². The van der Waals surface area contributed by atoms with Crippen molar-refractivity contribution >= 4 is 5.71 Å². The molecule has 1 aliphatic rings. The van der Waals surface area contributed by atoms with Crippen molar-refractivity contribution in [3.8, 4) is 0 Å². The molecule has 0 fully saturated rings. The highest BCUT2D eigenvalue weighted by Crippen LogP contribution is 2.14. The highest BCUT2D eigenvalue weighted by Gasteiger charge is 2.05. The van der Waals surface area contributed by atoms with Gasteiger partial charge in [0.15, 0.2) is 0 Å². The second-order valence-corrected chi connectivity index (χ2v) is 4.50. The Labute approximate surface area is 94.0 Å². The van der Waals surface area contributed by atoms with Crippen LogP contribution < -0.4 is 0 Å². The van der Waals surface area contributed by atoms with E-state index in [4.69, 9.17) is 0 Å². The van der Waals surface area contributed by atoms with Gasteiger partial charge in [0, 0.05) is 5.71 Å². The van der Waals surface area contributed by atoms with Gasteiger partial charge in [-0.05, 0) is 30.4 Å². The van der Waals surface area contributed by atoms with Crippen molar-refractivity contribution in [1.29, 1.82) is 0 Å². The van der Waals surface area contributed by atoms with Crippen LogP contribution in [0, 0.1) is 5.92 Å². The molecule has 0 unspecified atom stereocenters. The molecule has 0 aromatic carbocycles. The zero-order valence-electron chi connectivity index (χ0n) is 10.3. The summed E-state index contributed by atoms with van der Waals surface area (Å²) < 4.78 is 0. The van der Waals surface area contributed by atoms with Gasteiger partial charge >= 0.3 is 0 Å². The summed E-state index contributed by atoms with van der Waals surface area (Å²) >= 11 is 0. The third kappa shape index (κ3) is 4.46. The van der Waals surface area contributed by atoms with Crippen molar-refractivity contribution in [2.24, 2.45) is 10.9 Å². The van der Waals surface area contributed by atoms with Gasteiger partial charge in [0.25, 0.3) is 0 Å². The van der Waals surface area contributed by atoms with Crippen LogP contribution in [0.5, 0.6) is 0 Å². The number of unbranched alkanes of at least 4 members (excludes halogenated alkanes) is 2. The molecule has 0 saturated carbocycles. The molecule has 1 aliphatic heterocycles. The Hall–Kier alpha value is -0.850. The van der Waals surface area contributed by atoms with Crippen LogP contribution in [0.4, 0.5) is 0 Å². The maximum absolute atomic E-state index is 4.55. The summed E-state index contributed by atoms with van der Waals surface area (Å²) in [5.74, 6) is 0.547. The lowest BCUT2D eigenvalue weighted by atomic mass is 10.0. The SMILES string of the molecule is CCCCCC1=CC(C(C)C)=NCC=C1. The first kappa shape index (κ1) is 12.2. The second kappa shape index (κ2) is 6.60. The van der Waals surface area contributed by atoms with Crippen LogP contribution in [-0.4, -0.2) is 12.3 Å². The van der Waals surface area contributed by atoms with Crippen molar-refractivity contribution in [3.63, 3.8) is 0 Å². The monoisotopic (exact) mass is 205 g/mol. The lowest BCUT2D eigenvalue weighted by Gasteiger charge is -2.06. The van der Waals surface area contributed by atoms with E-state index in [1.54, 1.807) is 0 Å². The number of allylic oxidation sites excluding steroid dienone is 3. The number of nitrogens with zero attached hydrogens (tertiary/aromatic N) is 1. The van der Waals surface area contributed by atoms with Gasteiger partial charge in [-0.3, -0.25) is 4.99 Å². The van der Waals surface area contributed by atoms with E-state index in [9.17, 15) is 0 Å². The summed E-state index contributed by atoms with van der Waals surface area (Å²) in [6.07, 6.45) is 11.8. The fourth-order valence-electron chi connectivity index (χ4n) is 1.73. The molecule has 1 heterocycles. The van der Waals surface area contributed by atoms with Gasteiger partial charge < -0.3 is 0 Å². The van der Waals surface area contributed by atoms with Crippen molar-refractivity contribution < 1.29 is 0 Å². The van der Waals surface area contributed by atoms with Crippen LogP contribution in [0.3, 0.4) is 0 Å². The fourth-order valence-corrected chi connectivity index (χ4v) is 1.73. The standard InChI is InChI=1S/C14H23N/c1-4-5-6-8-13-9-7-10-15-14(11-13)12(2)3/h7,9,11-12H,4-6,8,10H2,1-3H3. The maximum Gasteiger partial charge on any atom is 0.0576 e. The van der Waals surface area contributed by atoms with E-state index in [0.29, 0.717) is 5.92 Å². The molecule has 84 valence electrons. The number of rotatable bonds is 5. The first-order chi connectivity index (χ1) is 7.24. The average molecular weight is 205 g/mol. The van der Waals surface area contributed by atoms with Crippen LogP contribution >= 0.6 is 0 Å². The van der Waals surface area contributed by atoms with Gasteiger partial charge in [-0.2, -0.15) is 0 Å². The second-order valence-electron chi connectivity index (χ2n) is 4.50. The van der Waals surface area contributed by atoms with E-state index in [0.717, 1.165) is 6.54 Å². The van der Waals surface area contributed by atoms with E-state index in [1.165, 1.54) is 37.0 Å². The Kier molecular flexibility index (Phi) is 5.38. The van der Waals surface area contributed by atoms with Crippen LogP contribution in [0.25, 0.3) is 0 Å². The highest BCUT2D eigenvalue weighted by molar-refractivity contribution is 5.97. The summed E-state index contributed by atoms with van der Waals surface area (Å²) in [6, 6.07) is 0. The molecule has 0 N–H and O–H groups in total. The Bertz CT molecular complexity index is 269. The summed E-state index contributed by atoms with van der Waals surface area (Å²) in [5.41, 5.74) is 2.71. The van der Waals surface area contributed by atoms with Gasteiger partial charge in [0.1, 0.15) is 0 Å². The van der Waals surface area contributed by atoms with Gasteiger partial charge in [-0.15, -0.1) is 0 Å². The number of aliphatic imine (C=N–C) groups is 1. The smallest absolute Gasteiger partial charge is 0.0576 e. The van der Waals surface area contributed by atoms with E-state index < -0.39 is 0 Å². The summed E-state index contributed by atoms with van der Waals surface area (Å²) in [4.78, 5) is 4.55. The maximum atomic E-state index is 4.55. The lowest BCUT2D eigenvalue weighted by Crippen LogP contribution is -2.04. The Morgan fingerprint density at radius 2 is 2.13 bits per heavy atom. The molecule has 0 aromatic heterocycles. The minimum absolute atomic E-state index is 0.547. The zero-order chi connectivity index (χ0) is 11.1. The third-order valence-corrected chi connectivity index (χ3v) is 2.71. The normalized spacial score (nSPS) is 16.3. The Morgan fingerprint density at radius 3 is 2.80 bits per heavy atom. The van der Waals surface area contributed by atoms with Crippen molar-refractivity contribution in [2.75, 3.05) is 6.54 Å². The molecule has 0 amide bonds. The van der Waals surface area contributed by atoms with Crippen molar-refractivity contribution in [1.82, 2.24) is 0 Å². The topological polar surface area (TPSA) is 12.4 Å². The quantitative estimate of drug-likeness (QED) is 0.598. The third-order valence-electron chi connectivity index (χ3n) is 2.71. The van der Waals surface area contributed by atoms with Crippen molar-refractivity contribution in [3.05, 3.63) is 23.8 Å². The van der Waals surface area contributed by atoms with Gasteiger partial charge in [-0.1, -0.05) is 45.8 Å². The first-order valence-corrected chi connectivity index (χ1v) is 6.15. The van der Waals surface area contributed by atoms with Crippen LogP contribution in [0.15, 0.2) is 28.8 Å². The first-order valence-electron chi connectivity index (χ1n) is 6.15. The molecule has 1 rings (SSSR count). The van der Waals surface area contributed by atoms with Crippen molar-refractivity contribution in [2.45, 2.75) is 46.5 Å². The van der Waals surface area contributed by atoms with E-state index in [-0.39, 0.29) is 0 Å². The number of hydrogen-bond donors (Lipinski definition) is 0. The number of hydrogen-bond acceptors (Lipinski definition) is 1. The van der Waals surface area contributed by atoms with Crippen LogP contribution in [0.2, 0.25) is 0 Å². The lowest BCUT2D eigenvalue weighted by molar-refractivity contribution is 0.719. The predicted molar refractivity (Wildman–Crippen MR) is 68.5 cm³/mol. The van der Waals surface area contributed by atoms with Gasteiger partial charge in [0.05, 0.1) is 6.54 Å². The molecule has 0 atom stereocenters. The van der Waals surface area contributed by atoms with Crippen LogP contribution in [0.1, 0.15) is 46.5 Å². The Balaban J connectivity index is 2.57. The predicted octanol–water partition coefficient (Wildman–Crippen LogP) is 4.16. The van der Waals surface area contributed by atoms with E-state index >= 15 is 0 Å². The molecule has 0 aromatic rings. The Morgan fingerprint density at radius 1 is 1.33 bits per heavy atom. The molecule has 0 spiro atoms. The average Bonchev–Trinajstić information content (AvgIpc) is 2.44. The minimum atomic E-state index is 0.547. The largest absolute Gasteiger partial charge is 0.285 e. The molecule has 0 bridgehead atoms. The molecular formula is C14H23N. The molecule has 0 aliphatic carbocycles. The van der Waals surface area contributed by atoms with E-state index in [1.807, 2.05) is 0 Å². The van der Waals surface area contributed by atoms with E-state index in [2.05, 4.69) is 44.0 Å². The fraction of sp³-hybridized carbons (Fsp3) is 0.643. The highest BCUT2D eigenvalue weighted by atomic mass is 14.7. The molecule has 0 radical (unpaired) electrons. The summed E-state index contributed by atoms with van der Waals surface area (Å²) in [6.45, 7) is 7.52. The van der Waals surface area contributed by atoms with Crippen LogP contribution in [-0.2, 0) is 0 Å². The van der Waals surface area contributed by atoms with Gasteiger partial charge in [-0.25, -0.2) is 0 Å². The molecule has 1 heteroatoms. The summed E-state index contributed by atoms with van der Waals surface area (Å²) in [7, 11) is 0. The molecule has 1 nitrogen and oxygen atoms in total. The zero-order valence-corrected chi connectivity index (χ0v) is 10.3. The molecule has 0 saturated heterocycles. The minimum Gasteiger partial charge on any atom is -0.285 e. The molecular weight excluding hydrogens is 182 g/mol. The molecule has 15 heavy (non-hydrogen) atoms. The summed E-state index contributed by atoms with van der Waals surface area (Å²) in [5, 5.41) is 0.